The van der Waals surface area contributed by atoms with E-state index in [0.717, 1.165) is 0 Å². The molecule has 0 bridgehead atoms. The van der Waals surface area contributed by atoms with Crippen LogP contribution in [0.5, 0.6) is 11.5 Å². The SMILES string of the molecule is CCOc1cc(/C=N/O)cc(Cl)c1OC(=O)c1cccc(Cl)c1. The van der Waals surface area contributed by atoms with Crippen molar-refractivity contribution in [3.05, 3.63) is 57.6 Å². The Morgan fingerprint density at radius 1 is 1.30 bits per heavy atom. The highest BCUT2D eigenvalue weighted by Gasteiger charge is 2.17. The molecule has 2 aromatic rings. The highest BCUT2D eigenvalue weighted by Crippen LogP contribution is 2.37. The Balaban J connectivity index is 2.36. The van der Waals surface area contributed by atoms with Crippen LogP contribution in [0.4, 0.5) is 0 Å². The molecular weight excluding hydrogens is 341 g/mol. The average molecular weight is 354 g/mol. The third-order valence-electron chi connectivity index (χ3n) is 2.79. The monoisotopic (exact) mass is 353 g/mol. The Morgan fingerprint density at radius 2 is 2.09 bits per heavy atom. The van der Waals surface area contributed by atoms with E-state index in [4.69, 9.17) is 37.9 Å². The molecule has 0 saturated carbocycles. The summed E-state index contributed by atoms with van der Waals surface area (Å²) >= 11 is 12.0. The van der Waals surface area contributed by atoms with Crippen LogP contribution in [0, 0.1) is 0 Å². The first kappa shape index (κ1) is 17.1. The zero-order valence-corrected chi connectivity index (χ0v) is 13.6. The lowest BCUT2D eigenvalue weighted by atomic mass is 10.2. The molecule has 2 aromatic carbocycles. The van der Waals surface area contributed by atoms with E-state index in [9.17, 15) is 4.79 Å². The number of benzene rings is 2. The molecule has 7 heteroatoms. The van der Waals surface area contributed by atoms with Gasteiger partial charge in [0.1, 0.15) is 0 Å². The number of hydrogen-bond donors (Lipinski definition) is 1. The van der Waals surface area contributed by atoms with Crippen LogP contribution < -0.4 is 9.47 Å². The van der Waals surface area contributed by atoms with Crippen molar-refractivity contribution in [1.29, 1.82) is 0 Å². The first-order valence-corrected chi connectivity index (χ1v) is 7.42. The summed E-state index contributed by atoms with van der Waals surface area (Å²) in [5.74, 6) is -0.252. The van der Waals surface area contributed by atoms with E-state index in [1.54, 1.807) is 31.2 Å². The summed E-state index contributed by atoms with van der Waals surface area (Å²) in [6, 6.07) is 9.41. The first-order chi connectivity index (χ1) is 11.0. The molecule has 0 fully saturated rings. The molecule has 0 aromatic heterocycles. The summed E-state index contributed by atoms with van der Waals surface area (Å²) in [5.41, 5.74) is 0.792. The predicted octanol–water partition coefficient (Wildman–Crippen LogP) is 4.42. The van der Waals surface area contributed by atoms with Crippen LogP contribution in [0.3, 0.4) is 0 Å². The molecule has 0 atom stereocenters. The molecule has 0 unspecified atom stereocenters. The molecule has 0 radical (unpaired) electrons. The second-order valence-electron chi connectivity index (χ2n) is 4.41. The van der Waals surface area contributed by atoms with E-state index in [1.165, 1.54) is 18.3 Å². The minimum absolute atomic E-state index is 0.0913. The molecule has 5 nitrogen and oxygen atoms in total. The van der Waals surface area contributed by atoms with Gasteiger partial charge in [-0.3, -0.25) is 0 Å². The van der Waals surface area contributed by atoms with Gasteiger partial charge in [-0.25, -0.2) is 4.79 Å². The van der Waals surface area contributed by atoms with Crippen LogP contribution in [-0.4, -0.2) is 24.0 Å². The van der Waals surface area contributed by atoms with Crippen LogP contribution in [0.15, 0.2) is 41.6 Å². The predicted molar refractivity (Wildman–Crippen MR) is 88.4 cm³/mol. The first-order valence-electron chi connectivity index (χ1n) is 6.66. The van der Waals surface area contributed by atoms with Gasteiger partial charge in [0.05, 0.1) is 23.4 Å². The Labute approximate surface area is 143 Å². The van der Waals surface area contributed by atoms with Crippen LogP contribution >= 0.6 is 23.2 Å². The lowest BCUT2D eigenvalue weighted by Crippen LogP contribution is -2.10. The summed E-state index contributed by atoms with van der Waals surface area (Å²) in [4.78, 5) is 12.2. The molecule has 0 saturated heterocycles. The Bertz CT molecular complexity index is 747. The van der Waals surface area contributed by atoms with Crippen molar-refractivity contribution >= 4 is 35.4 Å². The molecule has 23 heavy (non-hydrogen) atoms. The van der Waals surface area contributed by atoms with Crippen molar-refractivity contribution in [1.82, 2.24) is 0 Å². The third kappa shape index (κ3) is 4.37. The van der Waals surface area contributed by atoms with Gasteiger partial charge in [0.15, 0.2) is 11.5 Å². The lowest BCUT2D eigenvalue weighted by Gasteiger charge is -2.13. The molecule has 0 heterocycles. The van der Waals surface area contributed by atoms with Gasteiger partial charge >= 0.3 is 5.97 Å². The summed E-state index contributed by atoms with van der Waals surface area (Å²) in [7, 11) is 0. The largest absolute Gasteiger partial charge is 0.490 e. The number of hydrogen-bond acceptors (Lipinski definition) is 5. The maximum absolute atomic E-state index is 12.2. The van der Waals surface area contributed by atoms with E-state index in [-0.39, 0.29) is 22.1 Å². The number of nitrogens with zero attached hydrogens (tertiary/aromatic N) is 1. The number of ether oxygens (including phenoxy) is 2. The maximum Gasteiger partial charge on any atom is 0.343 e. The van der Waals surface area contributed by atoms with Gasteiger partial charge in [-0.15, -0.1) is 0 Å². The smallest absolute Gasteiger partial charge is 0.343 e. The van der Waals surface area contributed by atoms with Crippen molar-refractivity contribution < 1.29 is 19.5 Å². The minimum Gasteiger partial charge on any atom is -0.490 e. The highest BCUT2D eigenvalue weighted by atomic mass is 35.5. The van der Waals surface area contributed by atoms with E-state index in [2.05, 4.69) is 5.16 Å². The van der Waals surface area contributed by atoms with Gasteiger partial charge in [0, 0.05) is 10.6 Å². The normalized spacial score (nSPS) is 10.7. The summed E-state index contributed by atoms with van der Waals surface area (Å²) in [6.07, 6.45) is 1.19. The van der Waals surface area contributed by atoms with Gasteiger partial charge in [-0.05, 0) is 37.3 Å². The number of rotatable bonds is 5. The van der Waals surface area contributed by atoms with Crippen molar-refractivity contribution in [2.45, 2.75) is 6.92 Å². The molecule has 0 aliphatic rings. The minimum atomic E-state index is -0.612. The van der Waals surface area contributed by atoms with Crippen molar-refractivity contribution in [2.75, 3.05) is 6.61 Å². The van der Waals surface area contributed by atoms with Crippen LogP contribution in [0.25, 0.3) is 0 Å². The number of carbonyl (C=O) groups is 1. The number of oxime groups is 1. The molecule has 120 valence electrons. The molecule has 2 rings (SSSR count). The fourth-order valence-electron chi connectivity index (χ4n) is 1.86. The van der Waals surface area contributed by atoms with E-state index >= 15 is 0 Å². The van der Waals surface area contributed by atoms with E-state index in [0.29, 0.717) is 17.2 Å². The molecule has 0 aliphatic heterocycles. The highest BCUT2D eigenvalue weighted by molar-refractivity contribution is 6.33. The summed E-state index contributed by atoms with van der Waals surface area (Å²) < 4.78 is 10.8. The van der Waals surface area contributed by atoms with Crippen molar-refractivity contribution in [3.8, 4) is 11.5 Å². The number of esters is 1. The van der Waals surface area contributed by atoms with Crippen LogP contribution in [0.2, 0.25) is 10.0 Å². The van der Waals surface area contributed by atoms with E-state index in [1.807, 2.05) is 0 Å². The summed E-state index contributed by atoms with van der Waals surface area (Å²) in [5, 5.41) is 12.1. The second kappa shape index (κ2) is 7.85. The zero-order valence-electron chi connectivity index (χ0n) is 12.1. The quantitative estimate of drug-likeness (QED) is 0.284. The number of halogens is 2. The van der Waals surface area contributed by atoms with E-state index < -0.39 is 5.97 Å². The second-order valence-corrected chi connectivity index (χ2v) is 5.25. The average Bonchev–Trinajstić information content (AvgIpc) is 2.51. The van der Waals surface area contributed by atoms with Gasteiger partial charge in [0.25, 0.3) is 0 Å². The van der Waals surface area contributed by atoms with Crippen molar-refractivity contribution in [2.24, 2.45) is 5.16 Å². The van der Waals surface area contributed by atoms with Crippen LogP contribution in [-0.2, 0) is 0 Å². The Kier molecular flexibility index (Phi) is 5.84. The molecule has 0 aliphatic carbocycles. The maximum atomic E-state index is 12.2. The topological polar surface area (TPSA) is 68.1 Å². The molecule has 1 N–H and O–H groups in total. The fourth-order valence-corrected chi connectivity index (χ4v) is 2.31. The Hall–Kier alpha value is -2.24. The van der Waals surface area contributed by atoms with Gasteiger partial charge in [-0.2, -0.15) is 0 Å². The molecule has 0 spiro atoms. The van der Waals surface area contributed by atoms with Gasteiger partial charge in [0.2, 0.25) is 0 Å². The lowest BCUT2D eigenvalue weighted by molar-refractivity contribution is 0.0728. The van der Waals surface area contributed by atoms with Crippen molar-refractivity contribution in [3.63, 3.8) is 0 Å². The molecule has 0 amide bonds. The molecular formula is C16H13Cl2NO4. The summed E-state index contributed by atoms with van der Waals surface area (Å²) in [6.45, 7) is 2.13. The number of carbonyl (C=O) groups excluding carboxylic acids is 1. The third-order valence-corrected chi connectivity index (χ3v) is 3.31. The fraction of sp³-hybridized carbons (Fsp3) is 0.125. The van der Waals surface area contributed by atoms with Gasteiger partial charge < -0.3 is 14.7 Å². The van der Waals surface area contributed by atoms with Gasteiger partial charge in [-0.1, -0.05) is 34.4 Å². The Morgan fingerprint density at radius 3 is 2.74 bits per heavy atom. The standard InChI is InChI=1S/C16H13Cl2NO4/c1-2-22-14-7-10(9-19-21)6-13(18)15(14)23-16(20)11-4-3-5-12(17)8-11/h3-9,21H,2H2,1H3/b19-9+. The van der Waals surface area contributed by atoms with Crippen LogP contribution in [0.1, 0.15) is 22.8 Å². The zero-order chi connectivity index (χ0) is 16.8.